The fraction of sp³-hybridized carbons (Fsp3) is 0.444. The minimum absolute atomic E-state index is 0.372. The Bertz CT molecular complexity index is 469. The molecule has 0 amide bonds. The highest BCUT2D eigenvalue weighted by molar-refractivity contribution is 7.91. The quantitative estimate of drug-likeness (QED) is 0.645. The molecule has 7 heteroatoms. The Balaban J connectivity index is 2.15. The van der Waals surface area contributed by atoms with Crippen LogP contribution in [0.25, 0.3) is 0 Å². The minimum Gasteiger partial charge on any atom is -0.411 e. The van der Waals surface area contributed by atoms with Crippen molar-refractivity contribution in [2.24, 2.45) is 5.16 Å². The lowest BCUT2D eigenvalue weighted by Gasteiger charge is -2.25. The summed E-state index contributed by atoms with van der Waals surface area (Å²) in [6, 6.07) is 3.33. The first-order chi connectivity index (χ1) is 7.64. The third-order valence-corrected chi connectivity index (χ3v) is 5.80. The Labute approximate surface area is 98.1 Å². The maximum Gasteiger partial charge on any atom is 0.252 e. The maximum atomic E-state index is 12.1. The van der Waals surface area contributed by atoms with Crippen molar-refractivity contribution in [2.45, 2.75) is 17.1 Å². The van der Waals surface area contributed by atoms with Crippen molar-refractivity contribution in [3.8, 4) is 0 Å². The van der Waals surface area contributed by atoms with E-state index in [0.717, 1.165) is 0 Å². The van der Waals surface area contributed by atoms with Gasteiger partial charge >= 0.3 is 0 Å². The van der Waals surface area contributed by atoms with Crippen LogP contribution in [0.5, 0.6) is 0 Å². The van der Waals surface area contributed by atoms with Crippen LogP contribution in [0.4, 0.5) is 0 Å². The number of hydrogen-bond acceptors (Lipinski definition) is 5. The highest BCUT2D eigenvalue weighted by Gasteiger charge is 2.28. The van der Waals surface area contributed by atoms with Gasteiger partial charge < -0.3 is 5.21 Å². The predicted molar refractivity (Wildman–Crippen MR) is 61.5 cm³/mol. The average molecular weight is 260 g/mol. The Hall–Kier alpha value is -0.920. The van der Waals surface area contributed by atoms with Crippen molar-refractivity contribution in [1.82, 2.24) is 4.31 Å². The van der Waals surface area contributed by atoms with E-state index >= 15 is 0 Å². The first-order valence-corrected chi connectivity index (χ1v) is 7.20. The molecule has 0 bridgehead atoms. The summed E-state index contributed by atoms with van der Waals surface area (Å²) in [5, 5.41) is 13.5. The van der Waals surface area contributed by atoms with Gasteiger partial charge in [0.15, 0.2) is 0 Å². The second-order valence-electron chi connectivity index (χ2n) is 3.50. The molecule has 88 valence electrons. The van der Waals surface area contributed by atoms with Gasteiger partial charge in [-0.05, 0) is 11.4 Å². The lowest BCUT2D eigenvalue weighted by Crippen LogP contribution is -2.38. The monoisotopic (exact) mass is 260 g/mol. The molecule has 1 aliphatic rings. The first-order valence-electron chi connectivity index (χ1n) is 4.88. The lowest BCUT2D eigenvalue weighted by atomic mass is 10.1. The molecule has 0 aromatic carbocycles. The van der Waals surface area contributed by atoms with Gasteiger partial charge in [0.1, 0.15) is 4.21 Å². The number of hydrogen-bond donors (Lipinski definition) is 1. The maximum absolute atomic E-state index is 12.1. The Morgan fingerprint density at radius 2 is 2.06 bits per heavy atom. The van der Waals surface area contributed by atoms with Gasteiger partial charge in [-0.15, -0.1) is 11.3 Å². The molecule has 1 fully saturated rings. The zero-order valence-electron chi connectivity index (χ0n) is 8.54. The summed E-state index contributed by atoms with van der Waals surface area (Å²) in [6.45, 7) is 0.777. The van der Waals surface area contributed by atoms with E-state index in [9.17, 15) is 8.42 Å². The molecule has 5 nitrogen and oxygen atoms in total. The predicted octanol–water partition coefficient (Wildman–Crippen LogP) is 1.36. The van der Waals surface area contributed by atoms with Gasteiger partial charge in [-0.1, -0.05) is 11.2 Å². The van der Waals surface area contributed by atoms with Crippen LogP contribution in [0, 0.1) is 0 Å². The molecule has 0 atom stereocenters. The second kappa shape index (κ2) is 4.52. The van der Waals surface area contributed by atoms with Crippen molar-refractivity contribution in [3.63, 3.8) is 0 Å². The summed E-state index contributed by atoms with van der Waals surface area (Å²) in [7, 11) is -3.34. The first kappa shape index (κ1) is 11.6. The van der Waals surface area contributed by atoms with E-state index in [-0.39, 0.29) is 0 Å². The third kappa shape index (κ3) is 2.11. The van der Waals surface area contributed by atoms with E-state index in [2.05, 4.69) is 5.16 Å². The summed E-state index contributed by atoms with van der Waals surface area (Å²) < 4.78 is 26.0. The van der Waals surface area contributed by atoms with Crippen LogP contribution in [0.2, 0.25) is 0 Å². The van der Waals surface area contributed by atoms with Crippen LogP contribution >= 0.6 is 11.3 Å². The highest BCUT2D eigenvalue weighted by Crippen LogP contribution is 2.23. The number of oxime groups is 1. The molecule has 1 aliphatic heterocycles. The summed E-state index contributed by atoms with van der Waals surface area (Å²) >= 11 is 1.22. The molecule has 0 radical (unpaired) electrons. The van der Waals surface area contributed by atoms with E-state index in [4.69, 9.17) is 5.21 Å². The molecular weight excluding hydrogens is 248 g/mol. The van der Waals surface area contributed by atoms with Gasteiger partial charge in [-0.25, -0.2) is 8.42 Å². The van der Waals surface area contributed by atoms with E-state index in [1.807, 2.05) is 0 Å². The van der Waals surface area contributed by atoms with Crippen LogP contribution in [-0.4, -0.2) is 36.7 Å². The molecule has 1 saturated heterocycles. The normalized spacial score (nSPS) is 18.6. The summed E-state index contributed by atoms with van der Waals surface area (Å²) in [5.41, 5.74) is 0.664. The van der Waals surface area contributed by atoms with Crippen molar-refractivity contribution in [1.29, 1.82) is 0 Å². The second-order valence-corrected chi connectivity index (χ2v) is 6.61. The van der Waals surface area contributed by atoms with Crippen LogP contribution in [0.15, 0.2) is 26.9 Å². The summed E-state index contributed by atoms with van der Waals surface area (Å²) in [5.74, 6) is 0. The van der Waals surface area contributed by atoms with E-state index < -0.39 is 10.0 Å². The third-order valence-electron chi connectivity index (χ3n) is 2.53. The number of piperidine rings is 1. The fourth-order valence-corrected chi connectivity index (χ4v) is 4.21. The zero-order chi connectivity index (χ0) is 11.6. The number of thiophene rings is 1. The van der Waals surface area contributed by atoms with Crippen molar-refractivity contribution < 1.29 is 13.6 Å². The number of rotatable bonds is 2. The Kier molecular flexibility index (Phi) is 3.27. The molecular formula is C9H12N2O3S2. The van der Waals surface area contributed by atoms with Gasteiger partial charge in [0.2, 0.25) is 0 Å². The molecule has 16 heavy (non-hydrogen) atoms. The molecule has 1 aromatic heterocycles. The average Bonchev–Trinajstić information content (AvgIpc) is 2.83. The van der Waals surface area contributed by atoms with Crippen LogP contribution in [-0.2, 0) is 10.0 Å². The van der Waals surface area contributed by atoms with E-state index in [1.165, 1.54) is 15.6 Å². The standard InChI is InChI=1S/C9H12N2O3S2/c12-10-8-3-5-11(6-4-8)16(13,14)9-2-1-7-15-9/h1-2,7,12H,3-6H2. The van der Waals surface area contributed by atoms with Gasteiger partial charge in [-0.3, -0.25) is 0 Å². The van der Waals surface area contributed by atoms with Gasteiger partial charge in [0, 0.05) is 25.9 Å². The zero-order valence-corrected chi connectivity index (χ0v) is 10.2. The van der Waals surface area contributed by atoms with E-state index in [1.54, 1.807) is 17.5 Å². The Morgan fingerprint density at radius 3 is 2.56 bits per heavy atom. The molecule has 1 N–H and O–H groups in total. The largest absolute Gasteiger partial charge is 0.411 e. The molecule has 2 heterocycles. The summed E-state index contributed by atoms with van der Waals surface area (Å²) in [4.78, 5) is 0. The molecule has 0 saturated carbocycles. The minimum atomic E-state index is -3.34. The van der Waals surface area contributed by atoms with E-state index in [0.29, 0.717) is 35.9 Å². The number of nitrogens with zero attached hydrogens (tertiary/aromatic N) is 2. The molecule has 0 spiro atoms. The fourth-order valence-electron chi connectivity index (χ4n) is 1.62. The van der Waals surface area contributed by atoms with Gasteiger partial charge in [0.05, 0.1) is 5.71 Å². The number of sulfonamides is 1. The molecule has 0 aliphatic carbocycles. The van der Waals surface area contributed by atoms with Crippen LogP contribution < -0.4 is 0 Å². The highest BCUT2D eigenvalue weighted by atomic mass is 32.2. The van der Waals surface area contributed by atoms with Crippen LogP contribution in [0.3, 0.4) is 0 Å². The Morgan fingerprint density at radius 1 is 1.38 bits per heavy atom. The SMILES string of the molecule is O=S(=O)(c1cccs1)N1CCC(=NO)CC1. The molecule has 0 unspecified atom stereocenters. The molecule has 2 rings (SSSR count). The molecule has 1 aromatic rings. The van der Waals surface area contributed by atoms with Gasteiger partial charge in [0.25, 0.3) is 10.0 Å². The van der Waals surface area contributed by atoms with Crippen molar-refractivity contribution >= 4 is 27.1 Å². The van der Waals surface area contributed by atoms with Crippen molar-refractivity contribution in [2.75, 3.05) is 13.1 Å². The summed E-state index contributed by atoms with van der Waals surface area (Å²) in [6.07, 6.45) is 1.00. The van der Waals surface area contributed by atoms with Gasteiger partial charge in [-0.2, -0.15) is 4.31 Å². The van der Waals surface area contributed by atoms with Crippen LogP contribution in [0.1, 0.15) is 12.8 Å². The topological polar surface area (TPSA) is 70.0 Å². The lowest BCUT2D eigenvalue weighted by molar-refractivity contribution is 0.310. The smallest absolute Gasteiger partial charge is 0.252 e. The van der Waals surface area contributed by atoms with Crippen molar-refractivity contribution in [3.05, 3.63) is 17.5 Å².